The number of halogens is 9. The summed E-state index contributed by atoms with van der Waals surface area (Å²) in [5, 5.41) is 1.88. The summed E-state index contributed by atoms with van der Waals surface area (Å²) < 4.78 is 122. The van der Waals surface area contributed by atoms with Crippen LogP contribution in [0.5, 0.6) is 11.8 Å². The zero-order valence-electron chi connectivity index (χ0n) is 16.2. The molecule has 2 aromatic heterocycles. The summed E-state index contributed by atoms with van der Waals surface area (Å²) >= 11 is 0.374. The van der Waals surface area contributed by atoms with Crippen LogP contribution < -0.4 is 19.7 Å². The molecule has 33 heavy (non-hydrogen) atoms. The summed E-state index contributed by atoms with van der Waals surface area (Å²) in [5.74, 6) is -6.30. The largest absolute Gasteiger partial charge is 0.468 e. The van der Waals surface area contributed by atoms with Crippen LogP contribution in [0.15, 0.2) is 18.2 Å². The van der Waals surface area contributed by atoms with Gasteiger partial charge in [-0.15, -0.1) is 11.3 Å². The number of rotatable bonds is 8. The molecule has 0 unspecified atom stereocenters. The Morgan fingerprint density at radius 1 is 1.00 bits per heavy atom. The lowest BCUT2D eigenvalue weighted by atomic mass is 10.3. The van der Waals surface area contributed by atoms with Gasteiger partial charge in [-0.2, -0.15) is 45.1 Å². The highest BCUT2D eigenvalue weighted by Gasteiger charge is 2.34. The SMILES string of the molecule is CN(C(=O)Nc1nc(OCC(F)(F)F)cc(OCC(F)(F)F)n1)c1ccc(C(F)(F)CF)s1. The van der Waals surface area contributed by atoms with Crippen molar-refractivity contribution in [3.8, 4) is 11.8 Å². The number of thiophene rings is 1. The first kappa shape index (κ1) is 26.3. The molecule has 0 aliphatic carbocycles. The fraction of sp³-hybridized carbons (Fsp3) is 0.438. The fourth-order valence-corrected chi connectivity index (χ4v) is 2.89. The average molecular weight is 512 g/mol. The lowest BCUT2D eigenvalue weighted by molar-refractivity contribution is -0.154. The van der Waals surface area contributed by atoms with E-state index in [1.165, 1.54) is 0 Å². The van der Waals surface area contributed by atoms with Crippen molar-refractivity contribution in [1.29, 1.82) is 0 Å². The molecule has 0 fully saturated rings. The molecule has 2 rings (SSSR count). The predicted octanol–water partition coefficient (Wildman–Crippen LogP) is 5.15. The van der Waals surface area contributed by atoms with Crippen LogP contribution in [0, 0.1) is 0 Å². The molecule has 2 aromatic rings. The topological polar surface area (TPSA) is 76.6 Å². The minimum absolute atomic E-state index is 0.0892. The van der Waals surface area contributed by atoms with Gasteiger partial charge < -0.3 is 9.47 Å². The van der Waals surface area contributed by atoms with E-state index in [-0.39, 0.29) is 5.00 Å². The maximum atomic E-state index is 13.4. The molecule has 1 N–H and O–H groups in total. The van der Waals surface area contributed by atoms with Crippen LogP contribution >= 0.6 is 11.3 Å². The second-order valence-corrected chi connectivity index (χ2v) is 7.20. The van der Waals surface area contributed by atoms with Gasteiger partial charge in [0.2, 0.25) is 17.7 Å². The van der Waals surface area contributed by atoms with E-state index in [1.54, 1.807) is 0 Å². The summed E-state index contributed by atoms with van der Waals surface area (Å²) in [5.41, 5.74) is 0. The molecule has 0 radical (unpaired) electrons. The number of alkyl halides is 9. The number of hydrogen-bond acceptors (Lipinski definition) is 6. The van der Waals surface area contributed by atoms with Gasteiger partial charge in [-0.3, -0.25) is 10.2 Å². The summed E-state index contributed by atoms with van der Waals surface area (Å²) in [6.07, 6.45) is -9.61. The van der Waals surface area contributed by atoms with Gasteiger partial charge in [0.15, 0.2) is 19.9 Å². The van der Waals surface area contributed by atoms with E-state index in [0.29, 0.717) is 17.4 Å². The minimum Gasteiger partial charge on any atom is -0.468 e. The number of ether oxygens (including phenoxy) is 2. The van der Waals surface area contributed by atoms with Crippen molar-refractivity contribution in [1.82, 2.24) is 9.97 Å². The highest BCUT2D eigenvalue weighted by molar-refractivity contribution is 7.16. The molecule has 0 saturated carbocycles. The first-order valence-corrected chi connectivity index (χ1v) is 9.28. The minimum atomic E-state index is -4.81. The zero-order chi connectivity index (χ0) is 25.0. The number of nitrogens with zero attached hydrogens (tertiary/aromatic N) is 3. The number of amides is 2. The van der Waals surface area contributed by atoms with E-state index in [4.69, 9.17) is 0 Å². The number of carbonyl (C=O) groups excluding carboxylic acids is 1. The Morgan fingerprint density at radius 2 is 1.52 bits per heavy atom. The van der Waals surface area contributed by atoms with E-state index >= 15 is 0 Å². The molecular weight excluding hydrogens is 499 g/mol. The van der Waals surface area contributed by atoms with Crippen molar-refractivity contribution < 1.29 is 53.8 Å². The molecule has 0 atom stereocenters. The van der Waals surface area contributed by atoms with E-state index < -0.39 is 66.8 Å². The summed E-state index contributed by atoms with van der Waals surface area (Å²) in [6, 6.07) is 1.39. The van der Waals surface area contributed by atoms with Crippen molar-refractivity contribution >= 4 is 28.3 Å². The molecule has 0 saturated heterocycles. The van der Waals surface area contributed by atoms with Crippen molar-refractivity contribution in [3.05, 3.63) is 23.1 Å². The van der Waals surface area contributed by atoms with E-state index in [2.05, 4.69) is 19.4 Å². The van der Waals surface area contributed by atoms with Crippen LogP contribution in [0.1, 0.15) is 4.88 Å². The second-order valence-electron chi connectivity index (χ2n) is 6.14. The monoisotopic (exact) mass is 512 g/mol. The molecule has 0 aromatic carbocycles. The second kappa shape index (κ2) is 9.88. The zero-order valence-corrected chi connectivity index (χ0v) is 17.0. The van der Waals surface area contributed by atoms with Crippen LogP contribution in [0.2, 0.25) is 0 Å². The molecule has 2 heterocycles. The Kier molecular flexibility index (Phi) is 7.87. The fourth-order valence-electron chi connectivity index (χ4n) is 1.97. The highest BCUT2D eigenvalue weighted by Crippen LogP contribution is 2.37. The van der Waals surface area contributed by atoms with Gasteiger partial charge in [0.25, 0.3) is 0 Å². The molecule has 184 valence electrons. The smallest absolute Gasteiger partial charge is 0.422 e. The number of anilines is 2. The number of hydrogen-bond donors (Lipinski definition) is 1. The molecule has 2 amide bonds. The Hall–Kier alpha value is -2.98. The van der Waals surface area contributed by atoms with E-state index in [0.717, 1.165) is 24.1 Å². The van der Waals surface area contributed by atoms with Gasteiger partial charge in [-0.25, -0.2) is 9.18 Å². The maximum absolute atomic E-state index is 13.4. The number of urea groups is 1. The summed E-state index contributed by atoms with van der Waals surface area (Å²) in [6.45, 7) is -5.67. The molecule has 0 aliphatic rings. The molecule has 0 aliphatic heterocycles. The molecule has 0 bridgehead atoms. The van der Waals surface area contributed by atoms with Crippen LogP contribution in [0.4, 0.5) is 55.3 Å². The lowest BCUT2D eigenvalue weighted by Crippen LogP contribution is -2.31. The van der Waals surface area contributed by atoms with Gasteiger partial charge in [0, 0.05) is 7.05 Å². The van der Waals surface area contributed by atoms with Gasteiger partial charge in [0.05, 0.1) is 15.9 Å². The van der Waals surface area contributed by atoms with Crippen LogP contribution in [-0.4, -0.2) is 55.3 Å². The third-order valence-electron chi connectivity index (χ3n) is 3.42. The Balaban J connectivity index is 2.21. The number of nitrogens with one attached hydrogen (secondary N) is 1. The number of aromatic nitrogens is 2. The van der Waals surface area contributed by atoms with E-state index in [1.807, 2.05) is 5.32 Å². The lowest BCUT2D eigenvalue weighted by Gasteiger charge is -2.17. The van der Waals surface area contributed by atoms with Crippen molar-refractivity contribution in [2.24, 2.45) is 0 Å². The summed E-state index contributed by atoms with van der Waals surface area (Å²) in [7, 11) is 1.10. The van der Waals surface area contributed by atoms with E-state index in [9.17, 15) is 44.3 Å². The van der Waals surface area contributed by atoms with Crippen LogP contribution in [0.25, 0.3) is 0 Å². The average Bonchev–Trinajstić information content (AvgIpc) is 3.20. The molecule has 17 heteroatoms. The number of carbonyl (C=O) groups is 1. The van der Waals surface area contributed by atoms with Gasteiger partial charge >= 0.3 is 24.3 Å². The van der Waals surface area contributed by atoms with Crippen LogP contribution in [0.3, 0.4) is 0 Å². The maximum Gasteiger partial charge on any atom is 0.422 e. The summed E-state index contributed by atoms with van der Waals surface area (Å²) in [4.78, 5) is 19.3. The molecule has 0 spiro atoms. The highest BCUT2D eigenvalue weighted by atomic mass is 32.1. The Bertz CT molecular complexity index is 929. The first-order chi connectivity index (χ1) is 15.1. The van der Waals surface area contributed by atoms with Crippen molar-refractivity contribution in [3.63, 3.8) is 0 Å². The van der Waals surface area contributed by atoms with Gasteiger partial charge in [-0.05, 0) is 12.1 Å². The Labute approximate surface area is 183 Å². The quantitative estimate of drug-likeness (QED) is 0.496. The van der Waals surface area contributed by atoms with Crippen molar-refractivity contribution in [2.45, 2.75) is 18.3 Å². The molecular formula is C16H13F9N4O3S. The van der Waals surface area contributed by atoms with Gasteiger partial charge in [-0.1, -0.05) is 0 Å². The first-order valence-electron chi connectivity index (χ1n) is 8.46. The third-order valence-corrected chi connectivity index (χ3v) is 4.69. The normalized spacial score (nSPS) is 12.4. The standard InChI is InChI=1S/C16H13F9N4O3S/c1-29(11-3-2-8(33-11)14(18,19)5-17)13(30)28-12-26-9(31-6-15(20,21)22)4-10(27-12)32-7-16(23,24)25/h2-4H,5-7H2,1H3,(H,26,27,28,30). The molecule has 7 nitrogen and oxygen atoms in total. The van der Waals surface area contributed by atoms with Crippen LogP contribution in [-0.2, 0) is 5.92 Å². The van der Waals surface area contributed by atoms with Crippen molar-refractivity contribution in [2.75, 3.05) is 37.2 Å². The predicted molar refractivity (Wildman–Crippen MR) is 96.7 cm³/mol. The van der Waals surface area contributed by atoms with Gasteiger partial charge in [0.1, 0.15) is 0 Å². The Morgan fingerprint density at radius 3 is 1.97 bits per heavy atom. The third kappa shape index (κ3) is 8.14.